The molecule has 1 amide bonds. The topological polar surface area (TPSA) is 82.8 Å². The van der Waals surface area contributed by atoms with Gasteiger partial charge in [-0.1, -0.05) is 0 Å². The molecule has 1 saturated heterocycles. The van der Waals surface area contributed by atoms with Crippen LogP contribution in [-0.2, 0) is 19.3 Å². The lowest BCUT2D eigenvalue weighted by molar-refractivity contribution is -0.390. The molecule has 0 aromatic rings. The molecular weight excluding hydrogens is 380 g/mol. The first-order valence-electron chi connectivity index (χ1n) is 12.6. The lowest BCUT2D eigenvalue weighted by atomic mass is 9.53. The average Bonchev–Trinajstić information content (AvgIpc) is 3.07. The zero-order valence-electron chi connectivity index (χ0n) is 18.2. The fraction of sp³-hybridized carbons (Fsp3) is 0.958. The molecule has 7 aliphatic rings. The number of hydrogen-bond acceptors (Lipinski definition) is 5. The normalized spacial score (nSPS) is 52.2. The molecular formula is C24H38N2O4. The van der Waals surface area contributed by atoms with Gasteiger partial charge >= 0.3 is 0 Å². The van der Waals surface area contributed by atoms with Gasteiger partial charge in [0.25, 0.3) is 0 Å². The molecule has 6 nitrogen and oxygen atoms in total. The van der Waals surface area contributed by atoms with E-state index in [1.54, 1.807) is 0 Å². The van der Waals surface area contributed by atoms with Crippen molar-refractivity contribution >= 4 is 5.91 Å². The third-order valence-electron chi connectivity index (χ3n) is 9.33. The minimum atomic E-state index is -0.629. The van der Waals surface area contributed by atoms with Gasteiger partial charge in [0, 0.05) is 43.2 Å². The van der Waals surface area contributed by atoms with Gasteiger partial charge in [0.2, 0.25) is 17.5 Å². The van der Waals surface area contributed by atoms with E-state index in [1.165, 1.54) is 32.1 Å². The summed E-state index contributed by atoms with van der Waals surface area (Å²) in [5.41, 5.74) is 5.99. The van der Waals surface area contributed by atoms with Crippen molar-refractivity contribution in [2.75, 3.05) is 0 Å². The minimum absolute atomic E-state index is 0.181. The van der Waals surface area contributed by atoms with Crippen LogP contribution >= 0.6 is 0 Å². The largest absolute Gasteiger partial charge is 0.353 e. The fourth-order valence-electron chi connectivity index (χ4n) is 8.07. The van der Waals surface area contributed by atoms with E-state index < -0.39 is 11.6 Å². The highest BCUT2D eigenvalue weighted by Crippen LogP contribution is 2.64. The van der Waals surface area contributed by atoms with Crippen molar-refractivity contribution in [3.63, 3.8) is 0 Å². The molecule has 0 aromatic heterocycles. The highest BCUT2D eigenvalue weighted by atomic mass is 17.3. The number of amides is 1. The summed E-state index contributed by atoms with van der Waals surface area (Å²) in [5.74, 6) is 2.09. The molecule has 168 valence electrons. The molecule has 6 aliphatic carbocycles. The van der Waals surface area contributed by atoms with Gasteiger partial charge in [-0.2, -0.15) is 9.78 Å². The Morgan fingerprint density at radius 1 is 0.933 bits per heavy atom. The number of hydrogen-bond donors (Lipinski definition) is 2. The maximum Gasteiger partial charge on any atom is 0.220 e. The Morgan fingerprint density at radius 3 is 2.33 bits per heavy atom. The van der Waals surface area contributed by atoms with E-state index in [2.05, 4.69) is 5.32 Å². The Bertz CT molecular complexity index is 648. The van der Waals surface area contributed by atoms with Gasteiger partial charge < -0.3 is 15.8 Å². The second-order valence-corrected chi connectivity index (χ2v) is 11.6. The van der Waals surface area contributed by atoms with E-state index in [0.717, 1.165) is 63.2 Å². The third kappa shape index (κ3) is 3.42. The van der Waals surface area contributed by atoms with Crippen LogP contribution in [0.25, 0.3) is 0 Å². The van der Waals surface area contributed by atoms with Crippen LogP contribution in [0.2, 0.25) is 0 Å². The van der Waals surface area contributed by atoms with Crippen molar-refractivity contribution in [3.8, 4) is 0 Å². The van der Waals surface area contributed by atoms with Gasteiger partial charge in [0.05, 0.1) is 0 Å². The van der Waals surface area contributed by atoms with E-state index in [-0.39, 0.29) is 5.91 Å². The fourth-order valence-corrected chi connectivity index (χ4v) is 8.07. The zero-order chi connectivity index (χ0) is 20.3. The maximum absolute atomic E-state index is 12.7. The Morgan fingerprint density at radius 2 is 1.63 bits per heavy atom. The highest BCUT2D eigenvalue weighted by molar-refractivity contribution is 5.76. The first-order chi connectivity index (χ1) is 14.5. The highest BCUT2D eigenvalue weighted by Gasteiger charge is 2.67. The van der Waals surface area contributed by atoms with Crippen LogP contribution in [-0.4, -0.2) is 29.6 Å². The molecule has 0 radical (unpaired) electrons. The van der Waals surface area contributed by atoms with Gasteiger partial charge in [-0.15, -0.1) is 0 Å². The van der Waals surface area contributed by atoms with E-state index in [1.807, 2.05) is 0 Å². The Labute approximate surface area is 179 Å². The molecule has 6 heteroatoms. The predicted octanol–water partition coefficient (Wildman–Crippen LogP) is 3.78. The number of carbonyl (C=O) groups excluding carboxylic acids is 1. The van der Waals surface area contributed by atoms with E-state index >= 15 is 0 Å². The number of rotatable bonds is 3. The predicted molar refractivity (Wildman–Crippen MR) is 111 cm³/mol. The van der Waals surface area contributed by atoms with Crippen molar-refractivity contribution in [1.29, 1.82) is 0 Å². The molecule has 30 heavy (non-hydrogen) atoms. The Hall–Kier alpha value is -0.690. The van der Waals surface area contributed by atoms with Crippen molar-refractivity contribution in [3.05, 3.63) is 0 Å². The van der Waals surface area contributed by atoms with Gasteiger partial charge in [-0.25, -0.2) is 0 Å². The second-order valence-electron chi connectivity index (χ2n) is 11.6. The number of nitrogens with one attached hydrogen (secondary N) is 1. The van der Waals surface area contributed by atoms with Crippen LogP contribution in [0, 0.1) is 29.6 Å². The van der Waals surface area contributed by atoms with Crippen LogP contribution in [0.4, 0.5) is 0 Å². The summed E-state index contributed by atoms with van der Waals surface area (Å²) in [7, 11) is 0. The first-order valence-corrected chi connectivity index (χ1v) is 12.6. The lowest BCUT2D eigenvalue weighted by Crippen LogP contribution is -2.59. The van der Waals surface area contributed by atoms with Gasteiger partial charge in [-0.05, 0) is 88.4 Å². The number of ether oxygens (including phenoxy) is 1. The Balaban J connectivity index is 1.08. The van der Waals surface area contributed by atoms with E-state index in [0.29, 0.717) is 36.3 Å². The first kappa shape index (κ1) is 20.0. The van der Waals surface area contributed by atoms with Crippen LogP contribution in [0.1, 0.15) is 89.9 Å². The van der Waals surface area contributed by atoms with Crippen LogP contribution in [0.15, 0.2) is 0 Å². The number of nitrogens with two attached hydrogens (primary N) is 1. The minimum Gasteiger partial charge on any atom is -0.353 e. The van der Waals surface area contributed by atoms with Crippen molar-refractivity contribution < 1.29 is 19.3 Å². The molecule has 6 saturated carbocycles. The third-order valence-corrected chi connectivity index (χ3v) is 9.33. The summed E-state index contributed by atoms with van der Waals surface area (Å²) >= 11 is 0. The molecule has 0 unspecified atom stereocenters. The quantitative estimate of drug-likeness (QED) is 0.682. The molecule has 1 aliphatic heterocycles. The molecule has 7 fully saturated rings. The van der Waals surface area contributed by atoms with Gasteiger partial charge in [0.15, 0.2) is 0 Å². The standard InChI is InChI=1S/C24H38N2O4/c25-20-3-5-21(6-4-20)26-22(27)13-15-2-1-7-23(14-15)28-24(30-29-23)18-9-16-8-17(11-18)12-19(24)10-16/h15-21H,1-14,25H2,(H,26,27)/t15-,16?,17?,18?,19?,20-,21-,23+,24?/m0/s1. The smallest absolute Gasteiger partial charge is 0.220 e. The van der Waals surface area contributed by atoms with E-state index in [9.17, 15) is 4.79 Å². The second kappa shape index (κ2) is 7.43. The molecule has 7 rings (SSSR count). The van der Waals surface area contributed by atoms with Gasteiger partial charge in [-0.3, -0.25) is 4.79 Å². The molecule has 4 bridgehead atoms. The van der Waals surface area contributed by atoms with Crippen molar-refractivity contribution in [2.45, 2.75) is 114 Å². The van der Waals surface area contributed by atoms with Crippen molar-refractivity contribution in [1.82, 2.24) is 5.32 Å². The van der Waals surface area contributed by atoms with Gasteiger partial charge in [0.1, 0.15) is 0 Å². The molecule has 0 aromatic carbocycles. The van der Waals surface area contributed by atoms with Crippen LogP contribution in [0.5, 0.6) is 0 Å². The molecule has 2 atom stereocenters. The van der Waals surface area contributed by atoms with Crippen LogP contribution in [0.3, 0.4) is 0 Å². The molecule has 2 spiro atoms. The Kier molecular flexibility index (Phi) is 4.94. The molecule has 1 heterocycles. The maximum atomic E-state index is 12.7. The zero-order valence-corrected chi connectivity index (χ0v) is 18.2. The van der Waals surface area contributed by atoms with Crippen LogP contribution < -0.4 is 11.1 Å². The summed E-state index contributed by atoms with van der Waals surface area (Å²) in [5, 5.41) is 3.26. The summed E-state index contributed by atoms with van der Waals surface area (Å²) in [6, 6.07) is 0.610. The average molecular weight is 419 g/mol. The van der Waals surface area contributed by atoms with E-state index in [4.69, 9.17) is 20.2 Å². The monoisotopic (exact) mass is 418 g/mol. The summed E-state index contributed by atoms with van der Waals surface area (Å²) < 4.78 is 6.84. The summed E-state index contributed by atoms with van der Waals surface area (Å²) in [6.45, 7) is 0. The number of carbonyl (C=O) groups is 1. The van der Waals surface area contributed by atoms with Crippen molar-refractivity contribution in [2.24, 2.45) is 35.3 Å². The SMILES string of the molecule is N[C@H]1CC[C@H](NC(=O)C[C@@H]2CCC[C@]3(C2)OOC2(O3)C3CC4CC(C3)CC2C4)CC1. The lowest BCUT2D eigenvalue weighted by Gasteiger charge is -2.57. The summed E-state index contributed by atoms with van der Waals surface area (Å²) in [6.07, 6.45) is 14.8. The summed E-state index contributed by atoms with van der Waals surface area (Å²) in [4.78, 5) is 24.9. The molecule has 3 N–H and O–H groups in total.